The van der Waals surface area contributed by atoms with Crippen LogP contribution in [-0.2, 0) is 9.53 Å². The lowest BCUT2D eigenvalue weighted by Gasteiger charge is -2.52. The van der Waals surface area contributed by atoms with Crippen molar-refractivity contribution in [2.24, 2.45) is 40.9 Å². The van der Waals surface area contributed by atoms with Gasteiger partial charge in [0.25, 0.3) is 0 Å². The fraction of sp³-hybridized carbons (Fsp3) is 0.889. The van der Waals surface area contributed by atoms with Gasteiger partial charge in [-0.2, -0.15) is 0 Å². The van der Waals surface area contributed by atoms with Crippen LogP contribution in [0.3, 0.4) is 0 Å². The summed E-state index contributed by atoms with van der Waals surface area (Å²) >= 11 is 0. The smallest absolute Gasteiger partial charge is 0.163 e. The second-order valence-electron chi connectivity index (χ2n) is 12.5. The van der Waals surface area contributed by atoms with Crippen molar-refractivity contribution in [2.75, 3.05) is 6.54 Å². The van der Waals surface area contributed by atoms with Crippen LogP contribution in [0.25, 0.3) is 0 Å². The predicted molar refractivity (Wildman–Crippen MR) is 120 cm³/mol. The third-order valence-electron chi connectivity index (χ3n) is 11.2. The molecule has 6 aliphatic rings. The van der Waals surface area contributed by atoms with E-state index in [4.69, 9.17) is 4.74 Å². The van der Waals surface area contributed by atoms with E-state index in [9.17, 15) is 9.90 Å². The van der Waals surface area contributed by atoms with Gasteiger partial charge >= 0.3 is 0 Å². The number of piperidine rings is 1. The number of carbonyl (C=O) groups is 1. The fourth-order valence-electron chi connectivity index (χ4n) is 9.50. The highest BCUT2D eigenvalue weighted by Crippen LogP contribution is 2.65. The minimum atomic E-state index is -0.246. The van der Waals surface area contributed by atoms with Crippen molar-refractivity contribution < 1.29 is 14.6 Å². The Morgan fingerprint density at radius 1 is 1.10 bits per heavy atom. The number of nitrogens with one attached hydrogen (secondary N) is 1. The average molecular weight is 428 g/mol. The van der Waals surface area contributed by atoms with E-state index in [1.54, 1.807) is 0 Å². The van der Waals surface area contributed by atoms with Gasteiger partial charge in [0.2, 0.25) is 0 Å². The number of hydrogen-bond acceptors (Lipinski definition) is 4. The number of allylic oxidation sites excluding steroid dienone is 1. The quantitative estimate of drug-likeness (QED) is 0.606. The SMILES string of the molecule is CC1=C2C(=O)[C@H]3[C@H](CC[C@H]4C[C@@H](O)CC[C@]43C)[C@H]2CC[C@]12O[C@H]1C[C@@H](C)CN[C@H]1[C@H]2C. The summed E-state index contributed by atoms with van der Waals surface area (Å²) in [6.45, 7) is 10.4. The highest BCUT2D eigenvalue weighted by Gasteiger charge is 2.64. The Kier molecular flexibility index (Phi) is 4.64. The van der Waals surface area contributed by atoms with Gasteiger partial charge in [0.05, 0.1) is 17.8 Å². The Hall–Kier alpha value is -0.710. The number of fused-ring (bicyclic) bond motifs is 6. The number of aliphatic hydroxyl groups excluding tert-OH is 1. The van der Waals surface area contributed by atoms with Crippen LogP contribution >= 0.6 is 0 Å². The van der Waals surface area contributed by atoms with Gasteiger partial charge < -0.3 is 15.2 Å². The summed E-state index contributed by atoms with van der Waals surface area (Å²) < 4.78 is 6.94. The number of ketones is 1. The Balaban J connectivity index is 1.38. The number of hydrogen-bond donors (Lipinski definition) is 2. The summed E-state index contributed by atoms with van der Waals surface area (Å²) in [7, 11) is 0. The van der Waals surface area contributed by atoms with Crippen LogP contribution in [0.2, 0.25) is 0 Å². The van der Waals surface area contributed by atoms with Gasteiger partial charge in [-0.3, -0.25) is 4.79 Å². The van der Waals surface area contributed by atoms with Gasteiger partial charge in [0.1, 0.15) is 0 Å². The Morgan fingerprint density at radius 2 is 1.90 bits per heavy atom. The molecule has 4 aliphatic carbocycles. The first-order chi connectivity index (χ1) is 14.8. The number of aliphatic hydroxyl groups is 1. The zero-order chi connectivity index (χ0) is 21.7. The molecule has 0 unspecified atom stereocenters. The largest absolute Gasteiger partial charge is 0.393 e. The molecule has 0 aromatic rings. The molecular weight excluding hydrogens is 386 g/mol. The Morgan fingerprint density at radius 3 is 2.71 bits per heavy atom. The maximum Gasteiger partial charge on any atom is 0.163 e. The second-order valence-corrected chi connectivity index (χ2v) is 12.5. The van der Waals surface area contributed by atoms with E-state index in [1.807, 2.05) is 0 Å². The molecule has 0 radical (unpaired) electrons. The molecule has 0 bridgehead atoms. The van der Waals surface area contributed by atoms with E-state index in [-0.39, 0.29) is 29.1 Å². The predicted octanol–water partition coefficient (Wildman–Crippen LogP) is 4.26. The van der Waals surface area contributed by atoms with E-state index >= 15 is 0 Å². The van der Waals surface area contributed by atoms with E-state index in [0.29, 0.717) is 41.4 Å². The second kappa shape index (κ2) is 6.90. The van der Waals surface area contributed by atoms with Crippen molar-refractivity contribution >= 4 is 5.78 Å². The Bertz CT molecular complexity index is 821. The molecule has 5 fully saturated rings. The van der Waals surface area contributed by atoms with Crippen LogP contribution in [0.1, 0.15) is 79.1 Å². The molecule has 0 aromatic heterocycles. The molecule has 4 nitrogen and oxygen atoms in total. The maximum absolute atomic E-state index is 14.1. The van der Waals surface area contributed by atoms with E-state index in [1.165, 1.54) is 24.0 Å². The van der Waals surface area contributed by atoms with Crippen molar-refractivity contribution in [3.8, 4) is 0 Å². The number of ether oxygens (including phenoxy) is 1. The number of carbonyl (C=O) groups excluding carboxylic acids is 1. The summed E-state index contributed by atoms with van der Waals surface area (Å²) in [6.07, 6.45) is 8.57. The molecule has 6 rings (SSSR count). The normalized spacial score (nSPS) is 56.3. The minimum absolute atomic E-state index is 0.0735. The highest BCUT2D eigenvalue weighted by atomic mass is 16.5. The molecule has 2 N–H and O–H groups in total. The van der Waals surface area contributed by atoms with Crippen molar-refractivity contribution in [3.05, 3.63) is 11.1 Å². The first-order valence-electron chi connectivity index (χ1n) is 13.1. The molecule has 2 saturated heterocycles. The van der Waals surface area contributed by atoms with Gasteiger partial charge in [-0.15, -0.1) is 0 Å². The summed E-state index contributed by atoms with van der Waals surface area (Å²) in [5.41, 5.74) is 2.29. The minimum Gasteiger partial charge on any atom is -0.393 e. The van der Waals surface area contributed by atoms with Gasteiger partial charge in [0, 0.05) is 23.5 Å². The zero-order valence-corrected chi connectivity index (χ0v) is 19.8. The molecule has 3 saturated carbocycles. The molecule has 11 atom stereocenters. The van der Waals surface area contributed by atoms with Crippen LogP contribution in [-0.4, -0.2) is 41.3 Å². The number of rotatable bonds is 0. The lowest BCUT2D eigenvalue weighted by molar-refractivity contribution is -0.132. The van der Waals surface area contributed by atoms with Gasteiger partial charge in [0.15, 0.2) is 5.78 Å². The topological polar surface area (TPSA) is 58.6 Å². The number of Topliss-reactive ketones (excluding diaryl/α,β-unsaturated/α-hetero) is 1. The fourth-order valence-corrected chi connectivity index (χ4v) is 9.50. The average Bonchev–Trinajstić information content (AvgIpc) is 3.18. The van der Waals surface area contributed by atoms with Crippen molar-refractivity contribution in [1.82, 2.24) is 5.32 Å². The summed E-state index contributed by atoms with van der Waals surface area (Å²) in [5.74, 6) is 3.17. The molecule has 0 aromatic carbocycles. The van der Waals surface area contributed by atoms with Crippen LogP contribution in [0.15, 0.2) is 11.1 Å². The molecule has 0 amide bonds. The zero-order valence-electron chi connectivity index (χ0n) is 19.8. The van der Waals surface area contributed by atoms with Crippen molar-refractivity contribution in [2.45, 2.75) is 103 Å². The van der Waals surface area contributed by atoms with E-state index in [0.717, 1.165) is 45.1 Å². The molecular formula is C27H41NO3. The van der Waals surface area contributed by atoms with Gasteiger partial charge in [-0.25, -0.2) is 0 Å². The van der Waals surface area contributed by atoms with Crippen LogP contribution in [0.4, 0.5) is 0 Å². The monoisotopic (exact) mass is 427 g/mol. The molecule has 2 aliphatic heterocycles. The molecule has 2 heterocycles. The van der Waals surface area contributed by atoms with Gasteiger partial charge in [-0.1, -0.05) is 20.8 Å². The summed E-state index contributed by atoms with van der Waals surface area (Å²) in [6, 6.07) is 0.420. The summed E-state index contributed by atoms with van der Waals surface area (Å²) in [4.78, 5) is 14.1. The third-order valence-corrected chi connectivity index (χ3v) is 11.2. The maximum atomic E-state index is 14.1. The molecule has 31 heavy (non-hydrogen) atoms. The molecule has 1 spiro atoms. The lowest BCUT2D eigenvalue weighted by Crippen LogP contribution is -2.49. The Labute approximate surface area is 187 Å². The van der Waals surface area contributed by atoms with E-state index < -0.39 is 0 Å². The van der Waals surface area contributed by atoms with Crippen LogP contribution < -0.4 is 5.32 Å². The standard InChI is InChI=1S/C27H41NO3/c1-14-11-21-24(28-13-14)16(3)27(31-21)10-8-19-20-6-5-17-12-18(29)7-9-26(17,4)23(20)25(30)22(19)15(27)2/h14,16-21,23-24,28-29H,5-13H2,1-4H3/t14-,16-,17+,18+,19-,20-,21+,23-,24+,26-,27+/m1/s1. The van der Waals surface area contributed by atoms with Crippen molar-refractivity contribution in [1.29, 1.82) is 0 Å². The first-order valence-corrected chi connectivity index (χ1v) is 13.1. The van der Waals surface area contributed by atoms with Gasteiger partial charge in [-0.05, 0) is 99.5 Å². The summed E-state index contributed by atoms with van der Waals surface area (Å²) in [5, 5.41) is 14.1. The van der Waals surface area contributed by atoms with E-state index in [2.05, 4.69) is 33.0 Å². The molecule has 4 heteroatoms. The lowest BCUT2D eigenvalue weighted by atomic mass is 9.52. The highest BCUT2D eigenvalue weighted by molar-refractivity contribution is 6.02. The van der Waals surface area contributed by atoms with Crippen LogP contribution in [0.5, 0.6) is 0 Å². The van der Waals surface area contributed by atoms with Crippen molar-refractivity contribution in [3.63, 3.8) is 0 Å². The molecule has 172 valence electrons. The van der Waals surface area contributed by atoms with Crippen LogP contribution in [0, 0.1) is 40.9 Å². The first kappa shape index (κ1) is 20.9. The third kappa shape index (κ3) is 2.68.